The lowest BCUT2D eigenvalue weighted by Crippen LogP contribution is -2.54. The van der Waals surface area contributed by atoms with E-state index in [9.17, 15) is 14.9 Å². The van der Waals surface area contributed by atoms with E-state index >= 15 is 0 Å². The van der Waals surface area contributed by atoms with E-state index in [1.807, 2.05) is 42.5 Å². The van der Waals surface area contributed by atoms with E-state index in [1.54, 1.807) is 24.4 Å². The van der Waals surface area contributed by atoms with Gasteiger partial charge < -0.3 is 19.5 Å². The number of nitriles is 1. The summed E-state index contributed by atoms with van der Waals surface area (Å²) in [6, 6.07) is 22.4. The molecule has 3 aromatic carbocycles. The lowest BCUT2D eigenvalue weighted by atomic mass is 9.65. The van der Waals surface area contributed by atoms with Crippen molar-refractivity contribution >= 4 is 29.4 Å². The van der Waals surface area contributed by atoms with Crippen LogP contribution in [0.4, 0.5) is 0 Å². The second-order valence-electron chi connectivity index (χ2n) is 11.9. The van der Waals surface area contributed by atoms with E-state index in [0.29, 0.717) is 47.4 Å². The zero-order chi connectivity index (χ0) is 33.0. The molecule has 0 saturated heterocycles. The number of hydrogen-bond acceptors (Lipinski definition) is 7. The number of carbonyl (C=O) groups excluding carboxylic acids is 2. The van der Waals surface area contributed by atoms with Gasteiger partial charge in [0.1, 0.15) is 36.5 Å². The van der Waals surface area contributed by atoms with Gasteiger partial charge in [0.2, 0.25) is 0 Å². The minimum absolute atomic E-state index is 0.0320. The molecule has 6 rings (SSSR count). The summed E-state index contributed by atoms with van der Waals surface area (Å²) in [4.78, 5) is 28.7. The summed E-state index contributed by atoms with van der Waals surface area (Å²) in [5.74, 6) is 1.04. The van der Waals surface area contributed by atoms with Gasteiger partial charge in [-0.25, -0.2) is 0 Å². The van der Waals surface area contributed by atoms with Crippen molar-refractivity contribution in [2.75, 3.05) is 13.2 Å². The Bertz CT molecular complexity index is 1950. The maximum Gasteiger partial charge on any atom is 0.251 e. The largest absolute Gasteiger partial charge is 0.488 e. The molecule has 9 heteroatoms. The van der Waals surface area contributed by atoms with E-state index in [4.69, 9.17) is 25.8 Å². The highest BCUT2D eigenvalue weighted by atomic mass is 35.5. The molecule has 1 aliphatic carbocycles. The van der Waals surface area contributed by atoms with Crippen LogP contribution in [0.1, 0.15) is 56.8 Å². The number of aldehydes is 1. The smallest absolute Gasteiger partial charge is 0.251 e. The molecule has 0 bridgehead atoms. The number of amides is 1. The number of nitrogens with one attached hydrogen (secondary N) is 1. The van der Waals surface area contributed by atoms with Crippen LogP contribution >= 0.6 is 11.6 Å². The van der Waals surface area contributed by atoms with Gasteiger partial charge in [-0.3, -0.25) is 14.6 Å². The third-order valence-corrected chi connectivity index (χ3v) is 9.02. The Kier molecular flexibility index (Phi) is 8.84. The average molecular weight is 646 g/mol. The summed E-state index contributed by atoms with van der Waals surface area (Å²) in [5, 5.41) is 12.4. The topological polar surface area (TPSA) is 111 Å². The molecule has 1 unspecified atom stereocenters. The first kappa shape index (κ1) is 31.6. The van der Waals surface area contributed by atoms with Gasteiger partial charge in [0.25, 0.3) is 5.91 Å². The van der Waals surface area contributed by atoms with Gasteiger partial charge >= 0.3 is 0 Å². The lowest BCUT2D eigenvalue weighted by molar-refractivity contribution is -0.00882. The summed E-state index contributed by atoms with van der Waals surface area (Å²) in [6.07, 6.45) is 10.4. The average Bonchev–Trinajstić information content (AvgIpc) is 3.09. The predicted octanol–water partition coefficient (Wildman–Crippen LogP) is 7.16. The zero-order valence-electron chi connectivity index (χ0n) is 26.0. The van der Waals surface area contributed by atoms with E-state index in [1.165, 1.54) is 12.3 Å². The van der Waals surface area contributed by atoms with Gasteiger partial charge in [0.05, 0.1) is 16.1 Å². The number of allylic oxidation sites excluding steroid dienone is 2. The van der Waals surface area contributed by atoms with Crippen LogP contribution in [0.2, 0.25) is 5.02 Å². The molecule has 1 amide bonds. The Labute approximate surface area is 278 Å². The number of aromatic nitrogens is 1. The number of hydrogen-bond donors (Lipinski definition) is 1. The number of benzene rings is 3. The van der Waals surface area contributed by atoms with Crippen LogP contribution in [0.25, 0.3) is 5.57 Å². The highest BCUT2D eigenvalue weighted by Gasteiger charge is 2.51. The van der Waals surface area contributed by atoms with Crippen LogP contribution in [0.5, 0.6) is 17.2 Å². The van der Waals surface area contributed by atoms with Gasteiger partial charge in [0.15, 0.2) is 11.9 Å². The van der Waals surface area contributed by atoms with Gasteiger partial charge in [-0.2, -0.15) is 5.26 Å². The molecule has 1 aromatic heterocycles. The molecule has 1 N–H and O–H groups in total. The van der Waals surface area contributed by atoms with Gasteiger partial charge in [0, 0.05) is 47.1 Å². The fraction of sp³-hybridized carbons (Fsp3) is 0.211. The zero-order valence-corrected chi connectivity index (χ0v) is 26.7. The first-order chi connectivity index (χ1) is 22.7. The van der Waals surface area contributed by atoms with Crippen molar-refractivity contribution in [3.8, 4) is 23.3 Å². The Morgan fingerprint density at radius 3 is 2.64 bits per heavy atom. The molecule has 4 aromatic rings. The molecule has 0 fully saturated rings. The van der Waals surface area contributed by atoms with E-state index in [2.05, 4.69) is 48.4 Å². The number of halogens is 1. The second-order valence-corrected chi connectivity index (χ2v) is 12.3. The Morgan fingerprint density at radius 2 is 1.85 bits per heavy atom. The molecule has 1 atom stereocenters. The van der Waals surface area contributed by atoms with Crippen molar-refractivity contribution in [3.05, 3.63) is 136 Å². The molecular formula is C38H32ClN3O5. The standard InChI is InChI=1S/C38H32ClN3O5/c1-37(2)31(27-8-4-3-5-9-27)11-7-14-38(37,47-33-12-6-10-30-29(33)13-15-42-36(30)44)24-46-35-18-34(28(22-43)17-32(35)39)45-23-26-16-25(19-40)20-41-21-26/h3-12,14,16-18,20-22H,13,15,23-24H2,1-2H3,(H,42,44). The number of ether oxygens (including phenoxy) is 3. The summed E-state index contributed by atoms with van der Waals surface area (Å²) in [5.41, 5.74) is 3.14. The summed E-state index contributed by atoms with van der Waals surface area (Å²) in [6.45, 7) is 4.84. The number of rotatable bonds is 10. The highest BCUT2D eigenvalue weighted by Crippen LogP contribution is 2.50. The van der Waals surface area contributed by atoms with E-state index in [0.717, 1.165) is 16.7 Å². The third-order valence-electron chi connectivity index (χ3n) is 8.73. The molecule has 2 aliphatic rings. The maximum absolute atomic E-state index is 12.7. The Hall–Kier alpha value is -5.39. The van der Waals surface area contributed by atoms with Gasteiger partial charge in [-0.1, -0.05) is 74.0 Å². The molecule has 0 saturated carbocycles. The summed E-state index contributed by atoms with van der Waals surface area (Å²) < 4.78 is 19.5. The van der Waals surface area contributed by atoms with Crippen LogP contribution < -0.4 is 19.5 Å². The van der Waals surface area contributed by atoms with Gasteiger partial charge in [-0.05, 0) is 47.9 Å². The van der Waals surface area contributed by atoms with Crippen LogP contribution in [0.3, 0.4) is 0 Å². The quantitative estimate of drug-likeness (QED) is 0.182. The minimum Gasteiger partial charge on any atom is -0.488 e. The first-order valence-electron chi connectivity index (χ1n) is 15.2. The number of pyridine rings is 1. The van der Waals surface area contributed by atoms with Gasteiger partial charge in [-0.15, -0.1) is 0 Å². The highest BCUT2D eigenvalue weighted by molar-refractivity contribution is 6.32. The monoisotopic (exact) mass is 645 g/mol. The fourth-order valence-corrected chi connectivity index (χ4v) is 6.24. The first-order valence-corrected chi connectivity index (χ1v) is 15.6. The van der Waals surface area contributed by atoms with Crippen molar-refractivity contribution in [2.24, 2.45) is 5.41 Å². The normalized spacial score (nSPS) is 17.8. The minimum atomic E-state index is -1.06. The fourth-order valence-electron chi connectivity index (χ4n) is 6.01. The van der Waals surface area contributed by atoms with Crippen LogP contribution in [0.15, 0.2) is 97.4 Å². The van der Waals surface area contributed by atoms with Crippen LogP contribution in [0, 0.1) is 16.7 Å². The van der Waals surface area contributed by atoms with E-state index < -0.39 is 11.0 Å². The summed E-state index contributed by atoms with van der Waals surface area (Å²) >= 11 is 6.67. The molecule has 8 nitrogen and oxygen atoms in total. The molecule has 0 spiro atoms. The van der Waals surface area contributed by atoms with Crippen molar-refractivity contribution in [2.45, 2.75) is 32.5 Å². The molecule has 1 aliphatic heterocycles. The molecule has 2 heterocycles. The predicted molar refractivity (Wildman–Crippen MR) is 179 cm³/mol. The lowest BCUT2D eigenvalue weighted by Gasteiger charge is -2.48. The molecule has 0 radical (unpaired) electrons. The van der Waals surface area contributed by atoms with E-state index in [-0.39, 0.29) is 35.5 Å². The van der Waals surface area contributed by atoms with Crippen LogP contribution in [-0.2, 0) is 13.0 Å². The van der Waals surface area contributed by atoms with Crippen molar-refractivity contribution in [1.82, 2.24) is 10.3 Å². The SMILES string of the molecule is CC1(C)C(c2ccccc2)=CC=CC1(COc1cc(OCc2cncc(C#N)c2)c(C=O)cc1Cl)Oc1cccc2c1CCNC2=O. The summed E-state index contributed by atoms with van der Waals surface area (Å²) in [7, 11) is 0. The number of fused-ring (bicyclic) bond motifs is 1. The van der Waals surface area contributed by atoms with Crippen molar-refractivity contribution < 1.29 is 23.8 Å². The molecule has 236 valence electrons. The van der Waals surface area contributed by atoms with Crippen LogP contribution in [-0.4, -0.2) is 35.9 Å². The Balaban J connectivity index is 1.36. The van der Waals surface area contributed by atoms with Crippen molar-refractivity contribution in [3.63, 3.8) is 0 Å². The number of carbonyl (C=O) groups is 2. The maximum atomic E-state index is 12.7. The Morgan fingerprint density at radius 1 is 1.02 bits per heavy atom. The molecular weight excluding hydrogens is 614 g/mol. The number of nitrogens with zero attached hydrogens (tertiary/aromatic N) is 2. The van der Waals surface area contributed by atoms with Crippen molar-refractivity contribution in [1.29, 1.82) is 5.26 Å². The molecule has 47 heavy (non-hydrogen) atoms. The second kappa shape index (κ2) is 13.1. The third kappa shape index (κ3) is 6.23.